The van der Waals surface area contributed by atoms with Crippen molar-refractivity contribution in [1.29, 1.82) is 0 Å². The van der Waals surface area contributed by atoms with E-state index >= 15 is 0 Å². The van der Waals surface area contributed by atoms with Gasteiger partial charge >= 0.3 is 35.0 Å². The van der Waals surface area contributed by atoms with Crippen molar-refractivity contribution in [1.82, 2.24) is 15.0 Å². The SMILES string of the molecule is CCc1c(C)/c2[n-]/c1=C\c1[n-]c3c(c1C)C(=O)[C@H](C(=O)O)/C3=C1/[N-]/C(=C\c3[n-]c(c(C)c3C)\C=2)[C@@H](C)[C@@H]1CCC(=O)OC/C=C(\C)CCC[C@@H](C)CCC[C@H](C)CCCC(C)C.[Mg+2]. The van der Waals surface area contributed by atoms with Crippen LogP contribution < -0.4 is 25.7 Å². The number of hydrogen-bond acceptors (Lipinski definition) is 4. The van der Waals surface area contributed by atoms with Crippen molar-refractivity contribution in [2.45, 2.75) is 153 Å². The summed E-state index contributed by atoms with van der Waals surface area (Å²) in [7, 11) is 0. The number of esters is 1. The predicted octanol–water partition coefficient (Wildman–Crippen LogP) is 9.94. The number of allylic oxidation sites excluding steroid dienone is 3. The number of carboxylic acid groups (broad SMARTS) is 1. The molecule has 0 spiro atoms. The Kier molecular flexibility index (Phi) is 17.3. The zero-order valence-electron chi connectivity index (χ0n) is 40.0. The van der Waals surface area contributed by atoms with E-state index in [1.54, 1.807) is 0 Å². The van der Waals surface area contributed by atoms with E-state index in [4.69, 9.17) is 25.0 Å². The second kappa shape index (κ2) is 21.8. The smallest absolute Gasteiger partial charge is 0.664 e. The first-order valence-electron chi connectivity index (χ1n) is 23.4. The van der Waals surface area contributed by atoms with Crippen molar-refractivity contribution in [2.75, 3.05) is 6.61 Å². The number of carbonyl (C=O) groups excluding carboxylic acids is 2. The van der Waals surface area contributed by atoms with Gasteiger partial charge in [0, 0.05) is 12.0 Å². The molecule has 10 heteroatoms. The van der Waals surface area contributed by atoms with Gasteiger partial charge in [-0.25, -0.2) is 0 Å². The van der Waals surface area contributed by atoms with Crippen molar-refractivity contribution >= 4 is 64.6 Å². The van der Waals surface area contributed by atoms with Crippen LogP contribution in [0.3, 0.4) is 0 Å². The monoisotopic (exact) mass is 867 g/mol. The molecule has 3 aliphatic rings. The third kappa shape index (κ3) is 11.3. The first kappa shape index (κ1) is 50.0. The molecule has 3 aromatic heterocycles. The summed E-state index contributed by atoms with van der Waals surface area (Å²) >= 11 is 0. The Balaban J connectivity index is 0.00000748. The van der Waals surface area contributed by atoms with E-state index in [1.807, 2.05) is 38.2 Å². The largest absolute Gasteiger partial charge is 2.00 e. The van der Waals surface area contributed by atoms with Crippen molar-refractivity contribution in [3.8, 4) is 0 Å². The summed E-state index contributed by atoms with van der Waals surface area (Å²) in [6, 6.07) is 0. The zero-order valence-corrected chi connectivity index (χ0v) is 41.5. The molecule has 63 heavy (non-hydrogen) atoms. The van der Waals surface area contributed by atoms with Gasteiger partial charge in [0.25, 0.3) is 0 Å². The Morgan fingerprint density at radius 2 is 1.40 bits per heavy atom. The van der Waals surface area contributed by atoms with Crippen LogP contribution in [0.4, 0.5) is 0 Å². The average molecular weight is 867 g/mol. The Bertz CT molecular complexity index is 2380. The van der Waals surface area contributed by atoms with Gasteiger partial charge < -0.3 is 30.1 Å². The van der Waals surface area contributed by atoms with Crippen LogP contribution >= 0.6 is 0 Å². The molecule has 6 rings (SSSR count). The number of carboxylic acids is 1. The maximum atomic E-state index is 14.1. The Hall–Kier alpha value is -4.02. The molecule has 5 heterocycles. The van der Waals surface area contributed by atoms with Crippen LogP contribution in [0.15, 0.2) is 23.0 Å². The first-order chi connectivity index (χ1) is 29.5. The summed E-state index contributed by atoms with van der Waals surface area (Å²) in [5, 5.41) is 17.3. The van der Waals surface area contributed by atoms with Crippen molar-refractivity contribution in [2.24, 2.45) is 35.5 Å². The number of ketones is 1. The van der Waals surface area contributed by atoms with Crippen molar-refractivity contribution in [3.63, 3.8) is 0 Å². The van der Waals surface area contributed by atoms with Crippen LogP contribution in [-0.2, 0) is 20.7 Å². The molecule has 1 saturated heterocycles. The van der Waals surface area contributed by atoms with Crippen LogP contribution in [0.1, 0.15) is 180 Å². The second-order valence-corrected chi connectivity index (χ2v) is 19.2. The standard InChI is InChI=1S/C53H72N4O5.Mg/c1-12-38-35(9)42-26-40-33(7)34(8)41(54-40)27-43-36(10)39(50(56-43)48-49(53(60)61)52(59)47-37(11)44(57-51(47)48)28-45(38)55-42)22-23-46(58)62-25-24-32(6)21-15-20-31(5)19-14-18-30(4)17-13-16-29(2)3;/h24,26-31,36,39,49H,12-23,25H2,1-11H3,(H3,56,57,59,60,61);/q-2;+2/p-2/b32-24+,42-26-,43-27-,45-28-;/t30-,31+,36+,39+,49-;/m1./s1. The average Bonchev–Trinajstić information content (AvgIpc) is 3.95. The number of hydrogen-bond donors (Lipinski definition) is 1. The van der Waals surface area contributed by atoms with Gasteiger partial charge in [-0.2, -0.15) is 11.4 Å². The van der Waals surface area contributed by atoms with Crippen molar-refractivity contribution < 1.29 is 24.2 Å². The number of carbonyl (C=O) groups is 3. The van der Waals surface area contributed by atoms with Crippen LogP contribution in [-0.4, -0.2) is 52.5 Å². The van der Waals surface area contributed by atoms with Gasteiger partial charge in [0.2, 0.25) is 0 Å². The third-order valence-corrected chi connectivity index (χ3v) is 14.1. The molecule has 2 aliphatic heterocycles. The minimum atomic E-state index is -1.44. The van der Waals surface area contributed by atoms with E-state index in [1.165, 1.54) is 50.5 Å². The van der Waals surface area contributed by atoms with E-state index in [0.29, 0.717) is 46.1 Å². The minimum absolute atomic E-state index is 0. The number of Topliss-reactive ketones (excluding diaryl/α,β-unsaturated/α-hetero) is 1. The van der Waals surface area contributed by atoms with Crippen LogP contribution in [0.2, 0.25) is 0 Å². The molecule has 1 aliphatic carbocycles. The fourth-order valence-electron chi connectivity index (χ4n) is 9.82. The number of fused-ring (bicyclic) bond motifs is 7. The molecule has 8 bridgehead atoms. The number of aromatic nitrogens is 3. The fraction of sp³-hybridized carbons (Fsp3) is 0.566. The van der Waals surface area contributed by atoms with Crippen LogP contribution in [0.5, 0.6) is 0 Å². The maximum absolute atomic E-state index is 14.1. The van der Waals surface area contributed by atoms with Gasteiger partial charge in [-0.05, 0) is 96.0 Å². The zero-order chi connectivity index (χ0) is 45.0. The molecule has 0 amide bonds. The van der Waals surface area contributed by atoms with Gasteiger partial charge in [-0.1, -0.05) is 144 Å². The maximum Gasteiger partial charge on any atom is 2.00 e. The molecule has 0 radical (unpaired) electrons. The van der Waals surface area contributed by atoms with E-state index < -0.39 is 17.7 Å². The Morgan fingerprint density at radius 1 is 0.794 bits per heavy atom. The normalized spacial score (nSPS) is 22.1. The number of nitrogens with zero attached hydrogens (tertiary/aromatic N) is 4. The van der Waals surface area contributed by atoms with E-state index in [9.17, 15) is 19.5 Å². The van der Waals surface area contributed by atoms with Gasteiger partial charge in [0.1, 0.15) is 12.5 Å². The van der Waals surface area contributed by atoms with Gasteiger partial charge in [-0.3, -0.25) is 14.4 Å². The molecule has 0 unspecified atom stereocenters. The summed E-state index contributed by atoms with van der Waals surface area (Å²) in [5.74, 6) is -1.72. The van der Waals surface area contributed by atoms with E-state index in [-0.39, 0.29) is 53.9 Å². The summed E-state index contributed by atoms with van der Waals surface area (Å²) < 4.78 is 5.74. The molecular formula is C53H70MgN4O5-2. The molecular weight excluding hydrogens is 797 g/mol. The fourth-order valence-corrected chi connectivity index (χ4v) is 9.82. The summed E-state index contributed by atoms with van der Waals surface area (Å²) in [6.45, 7) is 23.9. The topological polar surface area (TPSA) is 137 Å². The molecule has 336 valence electrons. The molecule has 1 fully saturated rings. The quantitative estimate of drug-likeness (QED) is 0.0544. The van der Waals surface area contributed by atoms with Gasteiger partial charge in [0.05, 0.1) is 0 Å². The number of aliphatic carboxylic acids is 1. The number of ether oxygens (including phenoxy) is 1. The molecule has 0 aromatic carbocycles. The summed E-state index contributed by atoms with van der Waals surface area (Å²) in [6.07, 6.45) is 20.4. The van der Waals surface area contributed by atoms with Gasteiger partial charge in [0.15, 0.2) is 5.78 Å². The first-order valence-corrected chi connectivity index (χ1v) is 23.4. The van der Waals surface area contributed by atoms with Crippen molar-refractivity contribution in [3.05, 3.63) is 95.2 Å². The predicted molar refractivity (Wildman–Crippen MR) is 255 cm³/mol. The number of rotatable bonds is 19. The summed E-state index contributed by atoms with van der Waals surface area (Å²) in [4.78, 5) is 55.5. The van der Waals surface area contributed by atoms with E-state index in [0.717, 1.165) is 81.1 Å². The van der Waals surface area contributed by atoms with E-state index in [2.05, 4.69) is 62.3 Å². The third-order valence-electron chi connectivity index (χ3n) is 14.1. The van der Waals surface area contributed by atoms with Crippen LogP contribution in [0.25, 0.3) is 29.1 Å². The molecule has 0 saturated carbocycles. The Labute approximate surface area is 392 Å². The molecule has 3 aromatic rings. The van der Waals surface area contributed by atoms with Crippen LogP contribution in [0, 0.1) is 63.2 Å². The second-order valence-electron chi connectivity index (χ2n) is 19.2. The molecule has 9 nitrogen and oxygen atoms in total. The van der Waals surface area contributed by atoms with Gasteiger partial charge in [-0.15, -0.1) is 33.5 Å². The molecule has 5 atom stereocenters. The summed E-state index contributed by atoms with van der Waals surface area (Å²) in [5.41, 5.74) is 10.5. The Morgan fingerprint density at radius 3 is 2.03 bits per heavy atom. The minimum Gasteiger partial charge on any atom is -0.664 e. The molecule has 1 N–H and O–H groups in total.